The molecule has 2 aliphatic heterocycles. The maximum absolute atomic E-state index is 13.3. The third-order valence-electron chi connectivity index (χ3n) is 7.56. The molecule has 0 spiro atoms. The first-order valence-corrected chi connectivity index (χ1v) is 14.3. The summed E-state index contributed by atoms with van der Waals surface area (Å²) in [7, 11) is 0. The molecule has 0 saturated carbocycles. The summed E-state index contributed by atoms with van der Waals surface area (Å²) in [5.41, 5.74) is 3.14. The third-order valence-corrected chi connectivity index (χ3v) is 7.56. The number of rotatable bonds is 8. The highest BCUT2D eigenvalue weighted by Crippen LogP contribution is 2.34. The van der Waals surface area contributed by atoms with Crippen LogP contribution in [0.2, 0.25) is 0 Å². The van der Waals surface area contributed by atoms with E-state index in [-0.39, 0.29) is 11.8 Å². The van der Waals surface area contributed by atoms with Gasteiger partial charge in [0.25, 0.3) is 0 Å². The summed E-state index contributed by atoms with van der Waals surface area (Å²) >= 11 is 0. The van der Waals surface area contributed by atoms with Gasteiger partial charge in [0.2, 0.25) is 11.8 Å². The van der Waals surface area contributed by atoms with Gasteiger partial charge in [0.15, 0.2) is 28.5 Å². The Morgan fingerprint density at radius 2 is 1.93 bits per heavy atom. The molecule has 2 aliphatic rings. The molecule has 11 nitrogen and oxygen atoms in total. The van der Waals surface area contributed by atoms with E-state index in [9.17, 15) is 4.79 Å². The van der Waals surface area contributed by atoms with Gasteiger partial charge in [0.1, 0.15) is 17.8 Å². The maximum atomic E-state index is 13.3. The number of anilines is 2. The Labute approximate surface area is 232 Å². The van der Waals surface area contributed by atoms with E-state index in [1.165, 1.54) is 6.42 Å². The van der Waals surface area contributed by atoms with Crippen LogP contribution in [-0.2, 0) is 17.8 Å². The molecule has 0 bridgehead atoms. The zero-order chi connectivity index (χ0) is 27.5. The van der Waals surface area contributed by atoms with Gasteiger partial charge in [-0.05, 0) is 57.7 Å². The van der Waals surface area contributed by atoms with E-state index in [4.69, 9.17) is 19.0 Å². The lowest BCUT2D eigenvalue weighted by Crippen LogP contribution is -2.41. The number of nitrogens with one attached hydrogen (secondary N) is 1. The van der Waals surface area contributed by atoms with Crippen molar-refractivity contribution in [2.45, 2.75) is 58.9 Å². The molecule has 0 radical (unpaired) electrons. The van der Waals surface area contributed by atoms with Gasteiger partial charge in [-0.15, -0.1) is 0 Å². The van der Waals surface area contributed by atoms with Crippen LogP contribution in [0.3, 0.4) is 0 Å². The minimum absolute atomic E-state index is 0.0972. The molecule has 4 aromatic rings. The van der Waals surface area contributed by atoms with Gasteiger partial charge in [-0.1, -0.05) is 11.6 Å². The fourth-order valence-electron chi connectivity index (χ4n) is 5.64. The number of carbonyl (C=O) groups is 1. The number of fused-ring (bicyclic) bond motifs is 3. The molecule has 1 amide bonds. The maximum Gasteiger partial charge on any atom is 0.231 e. The summed E-state index contributed by atoms with van der Waals surface area (Å²) in [6.45, 7) is 7.24. The van der Waals surface area contributed by atoms with Crippen LogP contribution < -0.4 is 19.7 Å². The lowest BCUT2D eigenvalue weighted by molar-refractivity contribution is -0.120. The molecule has 40 heavy (non-hydrogen) atoms. The van der Waals surface area contributed by atoms with Crippen LogP contribution in [0.4, 0.5) is 11.7 Å². The van der Waals surface area contributed by atoms with Crippen molar-refractivity contribution in [3.63, 3.8) is 0 Å². The van der Waals surface area contributed by atoms with E-state index >= 15 is 0 Å². The van der Waals surface area contributed by atoms with Gasteiger partial charge < -0.3 is 23.5 Å². The SMILES string of the molecule is CCOc1ccc(-c2cc(NC(=O)[C@@H]3CCCN(c4ncnc5c4nc4n5CCCCC4)C3)on2)cc1OCC. The number of imidazole rings is 1. The Morgan fingerprint density at radius 3 is 2.80 bits per heavy atom. The molecular formula is C29H35N7O4. The second-order valence-electron chi connectivity index (χ2n) is 10.2. The molecule has 6 rings (SSSR count). The first-order valence-electron chi connectivity index (χ1n) is 14.3. The normalized spacial score (nSPS) is 17.4. The number of carbonyl (C=O) groups excluding carboxylic acids is 1. The fourth-order valence-corrected chi connectivity index (χ4v) is 5.64. The molecule has 0 aliphatic carbocycles. The Hall–Kier alpha value is -4.15. The monoisotopic (exact) mass is 545 g/mol. The highest BCUT2D eigenvalue weighted by Gasteiger charge is 2.30. The number of amides is 1. The van der Waals surface area contributed by atoms with Crippen LogP contribution in [-0.4, -0.2) is 56.9 Å². The van der Waals surface area contributed by atoms with Crippen molar-refractivity contribution in [1.29, 1.82) is 0 Å². The lowest BCUT2D eigenvalue weighted by Gasteiger charge is -2.32. The van der Waals surface area contributed by atoms with Crippen molar-refractivity contribution in [1.82, 2.24) is 24.7 Å². The molecule has 1 atom stereocenters. The van der Waals surface area contributed by atoms with Crippen molar-refractivity contribution in [2.75, 3.05) is 36.5 Å². The predicted molar refractivity (Wildman–Crippen MR) is 151 cm³/mol. The molecular weight excluding hydrogens is 510 g/mol. The van der Waals surface area contributed by atoms with Crippen LogP contribution in [0.5, 0.6) is 11.5 Å². The van der Waals surface area contributed by atoms with Gasteiger partial charge in [-0.25, -0.2) is 15.0 Å². The first-order chi connectivity index (χ1) is 19.6. The van der Waals surface area contributed by atoms with Crippen LogP contribution in [0, 0.1) is 5.92 Å². The standard InChI is InChI=1S/C29H35N7O4/c1-3-38-22-12-11-19(15-23(22)39-4-2)21-16-25(40-34-21)33-29(37)20-9-8-13-35(17-20)27-26-28(31-18-30-27)36-14-7-5-6-10-24(36)32-26/h11-12,15-16,18,20H,3-10,13-14,17H2,1-2H3,(H,33,37)/t20-/m1/s1. The fraction of sp³-hybridized carbons (Fsp3) is 0.483. The number of ether oxygens (including phenoxy) is 2. The van der Waals surface area contributed by atoms with Crippen molar-refractivity contribution >= 4 is 28.8 Å². The van der Waals surface area contributed by atoms with Crippen LogP contribution in [0.1, 0.15) is 51.8 Å². The minimum atomic E-state index is -0.220. The zero-order valence-electron chi connectivity index (χ0n) is 23.1. The number of aromatic nitrogens is 5. The Balaban J connectivity index is 1.16. The first kappa shape index (κ1) is 26.1. The topological polar surface area (TPSA) is 120 Å². The van der Waals surface area contributed by atoms with Crippen LogP contribution in [0.25, 0.3) is 22.4 Å². The number of aryl methyl sites for hydroxylation is 2. The summed E-state index contributed by atoms with van der Waals surface area (Å²) in [5.74, 6) is 3.21. The summed E-state index contributed by atoms with van der Waals surface area (Å²) < 4.78 is 19.1. The molecule has 1 saturated heterocycles. The molecule has 1 N–H and O–H groups in total. The van der Waals surface area contributed by atoms with E-state index in [0.29, 0.717) is 42.8 Å². The summed E-state index contributed by atoms with van der Waals surface area (Å²) in [6.07, 6.45) is 7.75. The van der Waals surface area contributed by atoms with Crippen molar-refractivity contribution in [2.24, 2.45) is 5.92 Å². The van der Waals surface area contributed by atoms with Gasteiger partial charge >= 0.3 is 0 Å². The lowest BCUT2D eigenvalue weighted by atomic mass is 9.97. The number of benzene rings is 1. The van der Waals surface area contributed by atoms with Gasteiger partial charge in [-0.2, -0.15) is 0 Å². The Bertz CT molecular complexity index is 1500. The van der Waals surface area contributed by atoms with Crippen molar-refractivity contribution in [3.05, 3.63) is 36.4 Å². The van der Waals surface area contributed by atoms with E-state index in [1.807, 2.05) is 32.0 Å². The second kappa shape index (κ2) is 11.5. The molecule has 5 heterocycles. The number of piperidine rings is 1. The molecule has 0 unspecified atom stereocenters. The zero-order valence-corrected chi connectivity index (χ0v) is 23.1. The summed E-state index contributed by atoms with van der Waals surface area (Å²) in [5, 5.41) is 7.10. The highest BCUT2D eigenvalue weighted by molar-refractivity contribution is 5.92. The molecule has 11 heteroatoms. The molecule has 1 fully saturated rings. The average Bonchev–Trinajstić information content (AvgIpc) is 3.51. The largest absolute Gasteiger partial charge is 0.490 e. The summed E-state index contributed by atoms with van der Waals surface area (Å²) in [4.78, 5) is 29.6. The van der Waals surface area contributed by atoms with Crippen LogP contribution in [0.15, 0.2) is 35.1 Å². The van der Waals surface area contributed by atoms with Crippen LogP contribution >= 0.6 is 0 Å². The van der Waals surface area contributed by atoms with E-state index in [0.717, 1.165) is 73.6 Å². The number of nitrogens with zero attached hydrogens (tertiary/aromatic N) is 6. The third kappa shape index (κ3) is 5.20. The molecule has 1 aromatic carbocycles. The Morgan fingerprint density at radius 1 is 1.05 bits per heavy atom. The smallest absolute Gasteiger partial charge is 0.231 e. The second-order valence-corrected chi connectivity index (χ2v) is 10.2. The molecule has 210 valence electrons. The highest BCUT2D eigenvalue weighted by atomic mass is 16.5. The van der Waals surface area contributed by atoms with Crippen molar-refractivity contribution < 1.29 is 18.8 Å². The number of hydrogen-bond donors (Lipinski definition) is 1. The van der Waals surface area contributed by atoms with E-state index in [1.54, 1.807) is 12.4 Å². The average molecular weight is 546 g/mol. The molecule has 3 aromatic heterocycles. The van der Waals surface area contributed by atoms with Gasteiger partial charge in [-0.3, -0.25) is 10.1 Å². The van der Waals surface area contributed by atoms with Crippen molar-refractivity contribution in [3.8, 4) is 22.8 Å². The van der Waals surface area contributed by atoms with E-state index in [2.05, 4.69) is 29.9 Å². The van der Waals surface area contributed by atoms with Gasteiger partial charge in [0, 0.05) is 37.7 Å². The summed E-state index contributed by atoms with van der Waals surface area (Å²) in [6, 6.07) is 7.36. The van der Waals surface area contributed by atoms with Gasteiger partial charge in [0.05, 0.1) is 19.1 Å². The quantitative estimate of drug-likeness (QED) is 0.331. The number of hydrogen-bond acceptors (Lipinski definition) is 9. The minimum Gasteiger partial charge on any atom is -0.490 e. The predicted octanol–water partition coefficient (Wildman–Crippen LogP) is 4.86. The Kier molecular flexibility index (Phi) is 7.52. The van der Waals surface area contributed by atoms with E-state index < -0.39 is 0 Å².